The van der Waals surface area contributed by atoms with Gasteiger partial charge in [0.05, 0.1) is 5.52 Å². The van der Waals surface area contributed by atoms with Crippen LogP contribution >= 0.6 is 15.9 Å². The molecule has 0 saturated carbocycles. The Morgan fingerprint density at radius 1 is 1.50 bits per heavy atom. The first-order valence-electron chi connectivity index (χ1n) is 5.61. The molecular weight excluding hydrogens is 294 g/mol. The van der Waals surface area contributed by atoms with Crippen LogP contribution in [0.4, 0.5) is 0 Å². The third-order valence-electron chi connectivity index (χ3n) is 3.18. The summed E-state index contributed by atoms with van der Waals surface area (Å²) in [6.45, 7) is 5.63. The average molecular weight is 308 g/mol. The molecule has 0 saturated heterocycles. The molecule has 3 nitrogen and oxygen atoms in total. The number of aryl methyl sites for hydroxylation is 1. The molecule has 0 amide bonds. The van der Waals surface area contributed by atoms with Crippen molar-refractivity contribution in [1.29, 1.82) is 0 Å². The van der Waals surface area contributed by atoms with Crippen molar-refractivity contribution in [3.05, 3.63) is 51.2 Å². The molecule has 0 aliphatic rings. The van der Waals surface area contributed by atoms with Gasteiger partial charge >= 0.3 is 0 Å². The standard InChI is InChI=1S/C14H14BrNO2/c1-4-8(2)12-10-7-9(15)5-6-11(10)16(3)14(18)13(12)17/h4-8,17H,1H2,2-3H3. The third-order valence-corrected chi connectivity index (χ3v) is 3.67. The van der Waals surface area contributed by atoms with E-state index in [1.807, 2.05) is 25.1 Å². The zero-order valence-electron chi connectivity index (χ0n) is 10.3. The van der Waals surface area contributed by atoms with Gasteiger partial charge in [0.2, 0.25) is 0 Å². The lowest BCUT2D eigenvalue weighted by Crippen LogP contribution is -2.18. The smallest absolute Gasteiger partial charge is 0.293 e. The summed E-state index contributed by atoms with van der Waals surface area (Å²) >= 11 is 3.41. The summed E-state index contributed by atoms with van der Waals surface area (Å²) in [5.41, 5.74) is 1.04. The van der Waals surface area contributed by atoms with Crippen LogP contribution in [0.3, 0.4) is 0 Å². The number of fused-ring (bicyclic) bond motifs is 1. The molecule has 1 unspecified atom stereocenters. The van der Waals surface area contributed by atoms with Crippen molar-refractivity contribution in [2.75, 3.05) is 0 Å². The minimum absolute atomic E-state index is 0.0873. The number of allylic oxidation sites excluding steroid dienone is 1. The molecule has 1 aromatic heterocycles. The van der Waals surface area contributed by atoms with E-state index in [0.29, 0.717) is 5.56 Å². The Kier molecular flexibility index (Phi) is 3.30. The van der Waals surface area contributed by atoms with Gasteiger partial charge in [0.25, 0.3) is 5.56 Å². The molecule has 4 heteroatoms. The molecule has 1 heterocycles. The van der Waals surface area contributed by atoms with Gasteiger partial charge in [-0.05, 0) is 18.2 Å². The molecule has 0 radical (unpaired) electrons. The maximum atomic E-state index is 12.0. The number of hydrogen-bond acceptors (Lipinski definition) is 2. The van der Waals surface area contributed by atoms with E-state index in [4.69, 9.17) is 0 Å². The SMILES string of the molecule is C=CC(C)c1c(O)c(=O)n(C)c2ccc(Br)cc12. The minimum Gasteiger partial charge on any atom is -0.503 e. The van der Waals surface area contributed by atoms with Crippen LogP contribution < -0.4 is 5.56 Å². The summed E-state index contributed by atoms with van der Waals surface area (Å²) in [4.78, 5) is 12.0. The molecule has 1 atom stereocenters. The van der Waals surface area contributed by atoms with Crippen LogP contribution in [0, 0.1) is 0 Å². The highest BCUT2D eigenvalue weighted by Crippen LogP contribution is 2.32. The fourth-order valence-corrected chi connectivity index (χ4v) is 2.47. The van der Waals surface area contributed by atoms with Gasteiger partial charge in [0.1, 0.15) is 0 Å². The Balaban J connectivity index is 3.02. The van der Waals surface area contributed by atoms with Crippen LogP contribution in [0.5, 0.6) is 5.75 Å². The summed E-state index contributed by atoms with van der Waals surface area (Å²) in [5.74, 6) is -0.286. The van der Waals surface area contributed by atoms with Crippen LogP contribution in [0.15, 0.2) is 40.1 Å². The molecule has 1 N–H and O–H groups in total. The van der Waals surface area contributed by atoms with E-state index in [2.05, 4.69) is 22.5 Å². The highest BCUT2D eigenvalue weighted by atomic mass is 79.9. The predicted octanol–water partition coefficient (Wildman–Crippen LogP) is 3.30. The van der Waals surface area contributed by atoms with Crippen molar-refractivity contribution in [2.45, 2.75) is 12.8 Å². The largest absolute Gasteiger partial charge is 0.503 e. The Morgan fingerprint density at radius 3 is 2.78 bits per heavy atom. The summed E-state index contributed by atoms with van der Waals surface area (Å²) in [7, 11) is 1.65. The van der Waals surface area contributed by atoms with E-state index in [1.165, 1.54) is 4.57 Å². The molecule has 2 rings (SSSR count). The molecule has 1 aromatic carbocycles. The van der Waals surface area contributed by atoms with Crippen molar-refractivity contribution >= 4 is 26.8 Å². The second-order valence-electron chi connectivity index (χ2n) is 4.31. The van der Waals surface area contributed by atoms with Crippen molar-refractivity contribution in [3.63, 3.8) is 0 Å². The van der Waals surface area contributed by atoms with Crippen LogP contribution in [0.2, 0.25) is 0 Å². The van der Waals surface area contributed by atoms with E-state index >= 15 is 0 Å². The Labute approximate surface area is 114 Å². The number of nitrogens with zero attached hydrogens (tertiary/aromatic N) is 1. The molecule has 94 valence electrons. The number of pyridine rings is 1. The van der Waals surface area contributed by atoms with Crippen LogP contribution in [0.1, 0.15) is 18.4 Å². The van der Waals surface area contributed by atoms with Crippen molar-refractivity contribution in [2.24, 2.45) is 7.05 Å². The van der Waals surface area contributed by atoms with Crippen molar-refractivity contribution < 1.29 is 5.11 Å². The lowest BCUT2D eigenvalue weighted by Gasteiger charge is -2.15. The third kappa shape index (κ3) is 1.86. The van der Waals surface area contributed by atoms with Gasteiger partial charge in [0, 0.05) is 28.4 Å². The number of aromatic hydroxyl groups is 1. The monoisotopic (exact) mass is 307 g/mol. The first-order valence-corrected chi connectivity index (χ1v) is 6.40. The lowest BCUT2D eigenvalue weighted by atomic mass is 9.96. The highest BCUT2D eigenvalue weighted by molar-refractivity contribution is 9.10. The normalized spacial score (nSPS) is 12.6. The zero-order valence-corrected chi connectivity index (χ0v) is 11.9. The van der Waals surface area contributed by atoms with Gasteiger partial charge in [-0.1, -0.05) is 28.9 Å². The van der Waals surface area contributed by atoms with E-state index in [-0.39, 0.29) is 17.2 Å². The number of benzene rings is 1. The summed E-state index contributed by atoms with van der Waals surface area (Å²) < 4.78 is 2.36. The zero-order chi connectivity index (χ0) is 13.4. The molecular formula is C14H14BrNO2. The van der Waals surface area contributed by atoms with E-state index < -0.39 is 0 Å². The number of hydrogen-bond donors (Lipinski definition) is 1. The lowest BCUT2D eigenvalue weighted by molar-refractivity contribution is 0.455. The topological polar surface area (TPSA) is 42.2 Å². The molecule has 0 spiro atoms. The van der Waals surface area contributed by atoms with Gasteiger partial charge in [-0.15, -0.1) is 6.58 Å². The van der Waals surface area contributed by atoms with E-state index in [1.54, 1.807) is 13.1 Å². The maximum Gasteiger partial charge on any atom is 0.293 e. The van der Waals surface area contributed by atoms with E-state index in [0.717, 1.165) is 15.4 Å². The maximum absolute atomic E-state index is 12.0. The second-order valence-corrected chi connectivity index (χ2v) is 5.23. The average Bonchev–Trinajstić information content (AvgIpc) is 2.35. The van der Waals surface area contributed by atoms with Crippen molar-refractivity contribution in [3.8, 4) is 5.75 Å². The predicted molar refractivity (Wildman–Crippen MR) is 77.2 cm³/mol. The van der Waals surface area contributed by atoms with Gasteiger partial charge in [-0.25, -0.2) is 0 Å². The molecule has 18 heavy (non-hydrogen) atoms. The molecule has 0 bridgehead atoms. The summed E-state index contributed by atoms with van der Waals surface area (Å²) in [6.07, 6.45) is 1.72. The summed E-state index contributed by atoms with van der Waals surface area (Å²) in [6, 6.07) is 5.64. The van der Waals surface area contributed by atoms with Gasteiger partial charge in [-0.2, -0.15) is 0 Å². The highest BCUT2D eigenvalue weighted by Gasteiger charge is 2.17. The first kappa shape index (κ1) is 12.9. The Morgan fingerprint density at radius 2 is 2.17 bits per heavy atom. The number of halogens is 1. The Hall–Kier alpha value is -1.55. The van der Waals surface area contributed by atoms with Crippen LogP contribution in [-0.4, -0.2) is 9.67 Å². The van der Waals surface area contributed by atoms with Gasteiger partial charge < -0.3 is 9.67 Å². The number of aromatic nitrogens is 1. The quantitative estimate of drug-likeness (QED) is 0.865. The van der Waals surface area contributed by atoms with Gasteiger partial charge in [0.15, 0.2) is 5.75 Å². The molecule has 0 fully saturated rings. The molecule has 0 aliphatic heterocycles. The van der Waals surface area contributed by atoms with Crippen molar-refractivity contribution in [1.82, 2.24) is 4.57 Å². The van der Waals surface area contributed by atoms with Crippen LogP contribution in [0.25, 0.3) is 10.9 Å². The fourth-order valence-electron chi connectivity index (χ4n) is 2.11. The first-order chi connectivity index (χ1) is 8.47. The fraction of sp³-hybridized carbons (Fsp3) is 0.214. The van der Waals surface area contributed by atoms with E-state index in [9.17, 15) is 9.90 Å². The number of rotatable bonds is 2. The molecule has 2 aromatic rings. The minimum atomic E-state index is -0.381. The second kappa shape index (κ2) is 4.61. The van der Waals surface area contributed by atoms with Crippen LogP contribution in [-0.2, 0) is 7.05 Å². The molecule has 0 aliphatic carbocycles. The van der Waals surface area contributed by atoms with Gasteiger partial charge in [-0.3, -0.25) is 4.79 Å². The Bertz CT molecular complexity index is 688. The summed E-state index contributed by atoms with van der Waals surface area (Å²) in [5, 5.41) is 10.9.